The molecule has 0 aliphatic rings. The first kappa shape index (κ1) is 10.5. The summed E-state index contributed by atoms with van der Waals surface area (Å²) in [5.41, 5.74) is 1.29. The molecule has 0 bridgehead atoms. The van der Waals surface area contributed by atoms with Crippen LogP contribution < -0.4 is 0 Å². The van der Waals surface area contributed by atoms with E-state index in [0.29, 0.717) is 0 Å². The molecule has 0 amide bonds. The van der Waals surface area contributed by atoms with E-state index in [-0.39, 0.29) is 0 Å². The lowest BCUT2D eigenvalue weighted by Crippen LogP contribution is -1.95. The predicted molar refractivity (Wildman–Crippen MR) is 73.0 cm³/mol. The van der Waals surface area contributed by atoms with Crippen molar-refractivity contribution >= 4 is 26.7 Å². The Morgan fingerprint density at radius 3 is 2.71 bits per heavy atom. The summed E-state index contributed by atoms with van der Waals surface area (Å²) in [6.07, 6.45) is 5.62. The van der Waals surface area contributed by atoms with Crippen molar-refractivity contribution in [2.45, 2.75) is 6.54 Å². The molecule has 0 radical (unpaired) electrons. The Bertz CT molecular complexity index is 644. The van der Waals surface area contributed by atoms with Crippen LogP contribution >= 0.6 is 15.9 Å². The summed E-state index contributed by atoms with van der Waals surface area (Å²) in [6.45, 7) is 0.867. The number of hydrogen-bond acceptors (Lipinski definition) is 1. The van der Waals surface area contributed by atoms with Gasteiger partial charge in [-0.25, -0.2) is 4.98 Å². The number of aromatic nitrogens is 2. The molecule has 0 aliphatic heterocycles. The molecule has 1 heterocycles. The van der Waals surface area contributed by atoms with Crippen LogP contribution in [0.3, 0.4) is 0 Å². The predicted octanol–water partition coefficient (Wildman–Crippen LogP) is 3.85. The van der Waals surface area contributed by atoms with Crippen molar-refractivity contribution in [1.82, 2.24) is 9.55 Å². The third-order valence-corrected chi connectivity index (χ3v) is 3.28. The van der Waals surface area contributed by atoms with Gasteiger partial charge in [0.25, 0.3) is 0 Å². The largest absolute Gasteiger partial charge is 0.333 e. The van der Waals surface area contributed by atoms with Gasteiger partial charge in [-0.1, -0.05) is 34.1 Å². The zero-order valence-corrected chi connectivity index (χ0v) is 10.8. The normalized spacial score (nSPS) is 10.9. The third-order valence-electron chi connectivity index (χ3n) is 2.79. The number of fused-ring (bicyclic) bond motifs is 1. The lowest BCUT2D eigenvalue weighted by molar-refractivity contribution is 0.798. The van der Waals surface area contributed by atoms with Gasteiger partial charge in [0.2, 0.25) is 0 Å². The highest BCUT2D eigenvalue weighted by Crippen LogP contribution is 2.21. The quantitative estimate of drug-likeness (QED) is 0.700. The Balaban J connectivity index is 1.99. The van der Waals surface area contributed by atoms with Crippen LogP contribution in [-0.4, -0.2) is 9.55 Å². The van der Waals surface area contributed by atoms with Crippen LogP contribution in [0.4, 0.5) is 0 Å². The highest BCUT2D eigenvalue weighted by molar-refractivity contribution is 9.10. The molecule has 17 heavy (non-hydrogen) atoms. The van der Waals surface area contributed by atoms with Crippen LogP contribution in [0, 0.1) is 0 Å². The zero-order chi connectivity index (χ0) is 11.7. The topological polar surface area (TPSA) is 17.8 Å². The molecule has 0 atom stereocenters. The van der Waals surface area contributed by atoms with E-state index in [0.717, 1.165) is 11.0 Å². The molecule has 3 aromatic rings. The van der Waals surface area contributed by atoms with Crippen molar-refractivity contribution in [3.05, 3.63) is 65.2 Å². The SMILES string of the molecule is Brc1ccc2cc(Cn3ccnc3)ccc2c1. The van der Waals surface area contributed by atoms with Crippen molar-refractivity contribution in [2.75, 3.05) is 0 Å². The summed E-state index contributed by atoms with van der Waals surface area (Å²) in [5, 5.41) is 2.53. The lowest BCUT2D eigenvalue weighted by atomic mass is 10.1. The lowest BCUT2D eigenvalue weighted by Gasteiger charge is -2.05. The summed E-state index contributed by atoms with van der Waals surface area (Å²) in [7, 11) is 0. The van der Waals surface area contributed by atoms with Crippen molar-refractivity contribution < 1.29 is 0 Å². The molecule has 3 heteroatoms. The van der Waals surface area contributed by atoms with Gasteiger partial charge in [-0.3, -0.25) is 0 Å². The minimum atomic E-state index is 0.867. The Morgan fingerprint density at radius 2 is 1.88 bits per heavy atom. The summed E-state index contributed by atoms with van der Waals surface area (Å²) in [5.74, 6) is 0. The van der Waals surface area contributed by atoms with Gasteiger partial charge in [-0.05, 0) is 34.5 Å². The van der Waals surface area contributed by atoms with Gasteiger partial charge in [-0.15, -0.1) is 0 Å². The number of nitrogens with zero attached hydrogens (tertiary/aromatic N) is 2. The number of hydrogen-bond donors (Lipinski definition) is 0. The van der Waals surface area contributed by atoms with Crippen LogP contribution in [0.2, 0.25) is 0 Å². The van der Waals surface area contributed by atoms with Gasteiger partial charge in [0.15, 0.2) is 0 Å². The van der Waals surface area contributed by atoms with Gasteiger partial charge < -0.3 is 4.57 Å². The fourth-order valence-corrected chi connectivity index (χ4v) is 2.33. The minimum Gasteiger partial charge on any atom is -0.333 e. The van der Waals surface area contributed by atoms with Crippen LogP contribution in [-0.2, 0) is 6.54 Å². The summed E-state index contributed by atoms with van der Waals surface area (Å²) in [4.78, 5) is 4.05. The Hall–Kier alpha value is -1.61. The summed E-state index contributed by atoms with van der Waals surface area (Å²) >= 11 is 3.49. The highest BCUT2D eigenvalue weighted by atomic mass is 79.9. The molecule has 0 spiro atoms. The molecule has 84 valence electrons. The van der Waals surface area contributed by atoms with Gasteiger partial charge in [0, 0.05) is 23.4 Å². The molecular formula is C14H11BrN2. The molecule has 0 N–H and O–H groups in total. The van der Waals surface area contributed by atoms with E-state index in [2.05, 4.69) is 61.9 Å². The second kappa shape index (κ2) is 4.34. The van der Waals surface area contributed by atoms with E-state index in [1.54, 1.807) is 6.20 Å². The number of rotatable bonds is 2. The maximum atomic E-state index is 4.05. The first-order chi connectivity index (χ1) is 8.31. The number of halogens is 1. The van der Waals surface area contributed by atoms with Crippen LogP contribution in [0.1, 0.15) is 5.56 Å². The van der Waals surface area contributed by atoms with E-state index in [4.69, 9.17) is 0 Å². The Labute approximate surface area is 108 Å². The Morgan fingerprint density at radius 1 is 1.06 bits per heavy atom. The fourth-order valence-electron chi connectivity index (χ4n) is 1.96. The van der Waals surface area contributed by atoms with Gasteiger partial charge in [0.05, 0.1) is 6.33 Å². The maximum absolute atomic E-state index is 4.05. The molecule has 0 fully saturated rings. The van der Waals surface area contributed by atoms with E-state index in [9.17, 15) is 0 Å². The monoisotopic (exact) mass is 286 g/mol. The molecular weight excluding hydrogens is 276 g/mol. The number of imidazole rings is 1. The molecule has 3 rings (SSSR count). The van der Waals surface area contributed by atoms with Crippen molar-refractivity contribution in [3.8, 4) is 0 Å². The fraction of sp³-hybridized carbons (Fsp3) is 0.0714. The zero-order valence-electron chi connectivity index (χ0n) is 9.18. The van der Waals surface area contributed by atoms with Crippen LogP contribution in [0.5, 0.6) is 0 Å². The van der Waals surface area contributed by atoms with E-state index < -0.39 is 0 Å². The first-order valence-corrected chi connectivity index (χ1v) is 6.24. The third kappa shape index (κ3) is 2.24. The van der Waals surface area contributed by atoms with Gasteiger partial charge in [-0.2, -0.15) is 0 Å². The van der Waals surface area contributed by atoms with Gasteiger partial charge >= 0.3 is 0 Å². The highest BCUT2D eigenvalue weighted by Gasteiger charge is 1.98. The van der Waals surface area contributed by atoms with Crippen LogP contribution in [0.25, 0.3) is 10.8 Å². The summed E-state index contributed by atoms with van der Waals surface area (Å²) in [6, 6.07) is 12.9. The van der Waals surface area contributed by atoms with E-state index in [1.807, 2.05) is 12.5 Å². The van der Waals surface area contributed by atoms with Crippen molar-refractivity contribution in [3.63, 3.8) is 0 Å². The van der Waals surface area contributed by atoms with Crippen molar-refractivity contribution in [2.24, 2.45) is 0 Å². The smallest absolute Gasteiger partial charge is 0.0949 e. The standard InChI is InChI=1S/C14H11BrN2/c15-14-4-3-12-7-11(1-2-13(12)8-14)9-17-6-5-16-10-17/h1-8,10H,9H2. The second-order valence-corrected chi connectivity index (χ2v) is 4.98. The molecule has 2 aromatic carbocycles. The molecule has 1 aromatic heterocycles. The summed E-state index contributed by atoms with van der Waals surface area (Å²) < 4.78 is 3.19. The molecule has 0 saturated heterocycles. The van der Waals surface area contributed by atoms with E-state index >= 15 is 0 Å². The minimum absolute atomic E-state index is 0.867. The maximum Gasteiger partial charge on any atom is 0.0949 e. The Kier molecular flexibility index (Phi) is 2.69. The molecule has 0 saturated carbocycles. The second-order valence-electron chi connectivity index (χ2n) is 4.06. The molecule has 0 unspecified atom stereocenters. The van der Waals surface area contributed by atoms with Crippen LogP contribution in [0.15, 0.2) is 59.6 Å². The van der Waals surface area contributed by atoms with Gasteiger partial charge in [0.1, 0.15) is 0 Å². The molecule has 0 aliphatic carbocycles. The molecule has 2 nitrogen and oxygen atoms in total. The first-order valence-electron chi connectivity index (χ1n) is 5.45. The average Bonchev–Trinajstić information content (AvgIpc) is 2.82. The number of benzene rings is 2. The van der Waals surface area contributed by atoms with E-state index in [1.165, 1.54) is 16.3 Å². The average molecular weight is 287 g/mol. The van der Waals surface area contributed by atoms with Crippen molar-refractivity contribution in [1.29, 1.82) is 0 Å².